The highest BCUT2D eigenvalue weighted by atomic mass is 16.2. The van der Waals surface area contributed by atoms with Crippen LogP contribution in [0, 0.1) is 6.92 Å². The summed E-state index contributed by atoms with van der Waals surface area (Å²) >= 11 is 0. The molecule has 82 valence electrons. The molecule has 1 heterocycles. The summed E-state index contributed by atoms with van der Waals surface area (Å²) in [6, 6.07) is 1.67. The third kappa shape index (κ3) is 2.80. The lowest BCUT2D eigenvalue weighted by Crippen LogP contribution is -2.35. The van der Waals surface area contributed by atoms with Crippen molar-refractivity contribution in [1.82, 2.24) is 20.4 Å². The Balaban J connectivity index is 2.61. The molecule has 0 bridgehead atoms. The molecule has 1 aromatic rings. The maximum Gasteiger partial charge on any atom is 0.269 e. The summed E-state index contributed by atoms with van der Waals surface area (Å²) in [5.74, 6) is -0.538. The number of hydrogen-bond acceptors (Lipinski definition) is 3. The van der Waals surface area contributed by atoms with Crippen molar-refractivity contribution in [2.45, 2.75) is 6.92 Å². The molecule has 6 nitrogen and oxygen atoms in total. The van der Waals surface area contributed by atoms with E-state index < -0.39 is 0 Å². The van der Waals surface area contributed by atoms with Crippen molar-refractivity contribution in [1.29, 1.82) is 0 Å². The lowest BCUT2D eigenvalue weighted by atomic mass is 10.3. The van der Waals surface area contributed by atoms with Crippen LogP contribution in [0.25, 0.3) is 0 Å². The lowest BCUT2D eigenvalue weighted by Gasteiger charge is -2.03. The number of carbonyl (C=O) groups is 2. The van der Waals surface area contributed by atoms with Crippen LogP contribution in [-0.4, -0.2) is 35.2 Å². The monoisotopic (exact) mass is 210 g/mol. The summed E-state index contributed by atoms with van der Waals surface area (Å²) < 4.78 is 1.48. The summed E-state index contributed by atoms with van der Waals surface area (Å²) in [5.41, 5.74) is 1.21. The number of hydrogen-bond donors (Lipinski definition) is 2. The van der Waals surface area contributed by atoms with Crippen LogP contribution in [0.3, 0.4) is 0 Å². The van der Waals surface area contributed by atoms with Gasteiger partial charge < -0.3 is 10.6 Å². The van der Waals surface area contributed by atoms with Crippen molar-refractivity contribution in [3.05, 3.63) is 17.5 Å². The molecule has 1 rings (SSSR count). The quantitative estimate of drug-likeness (QED) is 0.686. The van der Waals surface area contributed by atoms with Gasteiger partial charge in [-0.05, 0) is 13.0 Å². The van der Waals surface area contributed by atoms with Crippen LogP contribution < -0.4 is 10.6 Å². The molecular formula is C9H14N4O2. The summed E-state index contributed by atoms with van der Waals surface area (Å²) in [6.45, 7) is 1.77. The SMILES string of the molecule is CNC(=O)CNC(=O)c1cc(C)nn1C. The van der Waals surface area contributed by atoms with Gasteiger partial charge in [-0.3, -0.25) is 14.3 Å². The Morgan fingerprint density at radius 3 is 2.67 bits per heavy atom. The maximum absolute atomic E-state index is 11.5. The predicted octanol–water partition coefficient (Wildman–Crippen LogP) is -0.796. The summed E-state index contributed by atoms with van der Waals surface area (Å²) in [5, 5.41) is 8.94. The first-order valence-electron chi connectivity index (χ1n) is 4.54. The fourth-order valence-electron chi connectivity index (χ4n) is 1.16. The van der Waals surface area contributed by atoms with E-state index in [-0.39, 0.29) is 18.4 Å². The van der Waals surface area contributed by atoms with Crippen molar-refractivity contribution in [2.75, 3.05) is 13.6 Å². The van der Waals surface area contributed by atoms with Crippen molar-refractivity contribution in [3.63, 3.8) is 0 Å². The van der Waals surface area contributed by atoms with Crippen LogP contribution in [0.1, 0.15) is 16.2 Å². The number of nitrogens with zero attached hydrogens (tertiary/aromatic N) is 2. The van der Waals surface area contributed by atoms with Gasteiger partial charge in [-0.25, -0.2) is 0 Å². The van der Waals surface area contributed by atoms with Gasteiger partial charge in [0.15, 0.2) is 0 Å². The van der Waals surface area contributed by atoms with Gasteiger partial charge in [0.25, 0.3) is 5.91 Å². The highest BCUT2D eigenvalue weighted by molar-refractivity contribution is 5.95. The number of aryl methyl sites for hydroxylation is 2. The average Bonchev–Trinajstić information content (AvgIpc) is 2.53. The van der Waals surface area contributed by atoms with Gasteiger partial charge in [-0.1, -0.05) is 0 Å². The second kappa shape index (κ2) is 4.59. The molecule has 0 aliphatic carbocycles. The molecule has 1 aromatic heterocycles. The van der Waals surface area contributed by atoms with Crippen LogP contribution >= 0.6 is 0 Å². The molecule has 0 fully saturated rings. The van der Waals surface area contributed by atoms with Crippen LogP contribution in [0.15, 0.2) is 6.07 Å². The number of carbonyl (C=O) groups excluding carboxylic acids is 2. The minimum absolute atomic E-state index is 0.0282. The molecule has 0 radical (unpaired) electrons. The molecule has 0 spiro atoms. The fourth-order valence-corrected chi connectivity index (χ4v) is 1.16. The van der Waals surface area contributed by atoms with Crippen LogP contribution in [0.2, 0.25) is 0 Å². The number of nitrogens with one attached hydrogen (secondary N) is 2. The molecule has 2 N–H and O–H groups in total. The van der Waals surface area contributed by atoms with Gasteiger partial charge >= 0.3 is 0 Å². The van der Waals surface area contributed by atoms with E-state index in [4.69, 9.17) is 0 Å². The Morgan fingerprint density at radius 1 is 1.53 bits per heavy atom. The van der Waals surface area contributed by atoms with Crippen molar-refractivity contribution < 1.29 is 9.59 Å². The third-order valence-electron chi connectivity index (χ3n) is 1.92. The largest absolute Gasteiger partial charge is 0.358 e. The van der Waals surface area contributed by atoms with Gasteiger partial charge in [0.2, 0.25) is 5.91 Å². The van der Waals surface area contributed by atoms with E-state index in [9.17, 15) is 9.59 Å². The zero-order valence-electron chi connectivity index (χ0n) is 9.00. The number of likely N-dealkylation sites (N-methyl/N-ethyl adjacent to an activating group) is 1. The molecule has 0 saturated carbocycles. The summed E-state index contributed by atoms with van der Waals surface area (Å²) in [6.07, 6.45) is 0. The van der Waals surface area contributed by atoms with E-state index in [1.165, 1.54) is 11.7 Å². The van der Waals surface area contributed by atoms with Crippen LogP contribution in [0.5, 0.6) is 0 Å². The molecule has 6 heteroatoms. The smallest absolute Gasteiger partial charge is 0.269 e. The van der Waals surface area contributed by atoms with E-state index in [2.05, 4.69) is 15.7 Å². The Kier molecular flexibility index (Phi) is 3.43. The van der Waals surface area contributed by atoms with E-state index in [0.29, 0.717) is 5.69 Å². The van der Waals surface area contributed by atoms with Crippen molar-refractivity contribution >= 4 is 11.8 Å². The molecule has 0 aromatic carbocycles. The van der Waals surface area contributed by atoms with E-state index >= 15 is 0 Å². The summed E-state index contributed by atoms with van der Waals surface area (Å²) in [7, 11) is 3.20. The van der Waals surface area contributed by atoms with Gasteiger partial charge in [0, 0.05) is 14.1 Å². The Morgan fingerprint density at radius 2 is 2.20 bits per heavy atom. The molecule has 0 unspecified atom stereocenters. The highest BCUT2D eigenvalue weighted by Crippen LogP contribution is 2.00. The van der Waals surface area contributed by atoms with Gasteiger partial charge in [-0.2, -0.15) is 5.10 Å². The standard InChI is InChI=1S/C9H14N4O2/c1-6-4-7(13(3)12-6)9(15)11-5-8(14)10-2/h4H,5H2,1-3H3,(H,10,14)(H,11,15). The minimum Gasteiger partial charge on any atom is -0.358 e. The third-order valence-corrected chi connectivity index (χ3v) is 1.92. The Labute approximate surface area is 87.7 Å². The van der Waals surface area contributed by atoms with Crippen molar-refractivity contribution in [3.8, 4) is 0 Å². The lowest BCUT2D eigenvalue weighted by molar-refractivity contribution is -0.119. The van der Waals surface area contributed by atoms with Crippen LogP contribution in [-0.2, 0) is 11.8 Å². The van der Waals surface area contributed by atoms with E-state index in [1.54, 1.807) is 20.0 Å². The first-order valence-corrected chi connectivity index (χ1v) is 4.54. The van der Waals surface area contributed by atoms with Gasteiger partial charge in [-0.15, -0.1) is 0 Å². The number of aromatic nitrogens is 2. The topological polar surface area (TPSA) is 76.0 Å². The normalized spacial score (nSPS) is 9.80. The molecule has 15 heavy (non-hydrogen) atoms. The Hall–Kier alpha value is -1.85. The van der Waals surface area contributed by atoms with Crippen molar-refractivity contribution in [2.24, 2.45) is 7.05 Å². The first-order chi connectivity index (χ1) is 7.04. The Bertz CT molecular complexity index is 383. The van der Waals surface area contributed by atoms with E-state index in [1.807, 2.05) is 0 Å². The molecule has 0 atom stereocenters. The predicted molar refractivity (Wildman–Crippen MR) is 54.3 cm³/mol. The second-order valence-electron chi connectivity index (χ2n) is 3.15. The average molecular weight is 210 g/mol. The first kappa shape index (κ1) is 11.2. The molecular weight excluding hydrogens is 196 g/mol. The number of rotatable bonds is 3. The molecule has 0 saturated heterocycles. The van der Waals surface area contributed by atoms with Gasteiger partial charge in [0.05, 0.1) is 12.2 Å². The highest BCUT2D eigenvalue weighted by Gasteiger charge is 2.11. The van der Waals surface area contributed by atoms with Gasteiger partial charge in [0.1, 0.15) is 5.69 Å². The molecule has 0 aliphatic heterocycles. The summed E-state index contributed by atoms with van der Waals surface area (Å²) in [4.78, 5) is 22.4. The minimum atomic E-state index is -0.304. The number of amides is 2. The molecule has 2 amide bonds. The van der Waals surface area contributed by atoms with E-state index in [0.717, 1.165) is 5.69 Å². The zero-order valence-corrected chi connectivity index (χ0v) is 9.00. The molecule has 0 aliphatic rings. The fraction of sp³-hybridized carbons (Fsp3) is 0.444. The zero-order chi connectivity index (χ0) is 11.4. The van der Waals surface area contributed by atoms with Crippen LogP contribution in [0.4, 0.5) is 0 Å². The second-order valence-corrected chi connectivity index (χ2v) is 3.15. The maximum atomic E-state index is 11.5.